The van der Waals surface area contributed by atoms with E-state index in [1.54, 1.807) is 24.3 Å². The van der Waals surface area contributed by atoms with Gasteiger partial charge in [0.2, 0.25) is 0 Å². The lowest BCUT2D eigenvalue weighted by Crippen LogP contribution is -2.31. The molecule has 0 aromatic heterocycles. The summed E-state index contributed by atoms with van der Waals surface area (Å²) < 4.78 is 24.3. The van der Waals surface area contributed by atoms with Crippen molar-refractivity contribution in [2.75, 3.05) is 0 Å². The van der Waals surface area contributed by atoms with Crippen LogP contribution in [0.25, 0.3) is 0 Å². The van der Waals surface area contributed by atoms with Crippen LogP contribution in [0, 0.1) is 11.3 Å². The summed E-state index contributed by atoms with van der Waals surface area (Å²) in [5.74, 6) is 0. The van der Waals surface area contributed by atoms with Crippen LogP contribution in [0.2, 0.25) is 0 Å². The van der Waals surface area contributed by atoms with E-state index in [0.717, 1.165) is 5.56 Å². The Bertz CT molecular complexity index is 358. The lowest BCUT2D eigenvalue weighted by molar-refractivity contribution is 0.105. The van der Waals surface area contributed by atoms with Crippen LogP contribution >= 0.6 is 0 Å². The van der Waals surface area contributed by atoms with E-state index in [2.05, 4.69) is 5.32 Å². The predicted octanol–water partition coefficient (Wildman–Crippen LogP) is 2.30. The number of hydrogen-bond acceptors (Lipinski definition) is 2. The molecule has 0 aliphatic carbocycles. The van der Waals surface area contributed by atoms with Crippen molar-refractivity contribution < 1.29 is 8.78 Å². The standard InChI is InChI=1S/C11H12F2N2/c1-8(11(12)13)15-7-10-4-2-3-9(5-10)6-14/h2-5,8,11,15H,7H2,1H3. The van der Waals surface area contributed by atoms with E-state index in [9.17, 15) is 8.78 Å². The number of rotatable bonds is 4. The Kier molecular flexibility index (Phi) is 4.19. The minimum atomic E-state index is -2.37. The average Bonchev–Trinajstić information content (AvgIpc) is 2.26. The summed E-state index contributed by atoms with van der Waals surface area (Å²) in [5.41, 5.74) is 1.38. The van der Waals surface area contributed by atoms with Gasteiger partial charge in [-0.2, -0.15) is 5.26 Å². The highest BCUT2D eigenvalue weighted by Gasteiger charge is 2.12. The molecule has 1 N–H and O–H groups in total. The van der Waals surface area contributed by atoms with E-state index < -0.39 is 12.5 Å². The lowest BCUT2D eigenvalue weighted by Gasteiger charge is -2.12. The van der Waals surface area contributed by atoms with Gasteiger partial charge in [-0.15, -0.1) is 0 Å². The Morgan fingerprint density at radius 2 is 2.20 bits per heavy atom. The number of alkyl halides is 2. The molecule has 0 heterocycles. The molecule has 1 aromatic rings. The van der Waals surface area contributed by atoms with E-state index in [-0.39, 0.29) is 0 Å². The molecule has 0 amide bonds. The van der Waals surface area contributed by atoms with Crippen molar-refractivity contribution in [1.29, 1.82) is 5.26 Å². The maximum absolute atomic E-state index is 12.2. The largest absolute Gasteiger partial charge is 0.305 e. The van der Waals surface area contributed by atoms with Gasteiger partial charge < -0.3 is 5.32 Å². The van der Waals surface area contributed by atoms with Crippen LogP contribution in [0.15, 0.2) is 24.3 Å². The van der Waals surface area contributed by atoms with E-state index in [0.29, 0.717) is 12.1 Å². The van der Waals surface area contributed by atoms with Gasteiger partial charge in [-0.1, -0.05) is 12.1 Å². The maximum Gasteiger partial charge on any atom is 0.253 e. The van der Waals surface area contributed by atoms with Crippen LogP contribution in [0.1, 0.15) is 18.1 Å². The summed E-state index contributed by atoms with van der Waals surface area (Å²) in [6.45, 7) is 1.78. The molecule has 0 radical (unpaired) electrons. The third kappa shape index (κ3) is 3.64. The molecular formula is C11H12F2N2. The van der Waals surface area contributed by atoms with Gasteiger partial charge in [0.15, 0.2) is 0 Å². The number of nitrogens with one attached hydrogen (secondary N) is 1. The molecule has 80 valence electrons. The molecule has 0 fully saturated rings. The van der Waals surface area contributed by atoms with Crippen molar-refractivity contribution in [2.24, 2.45) is 0 Å². The first-order valence-corrected chi connectivity index (χ1v) is 4.64. The molecule has 0 aliphatic rings. The molecule has 15 heavy (non-hydrogen) atoms. The van der Waals surface area contributed by atoms with Gasteiger partial charge in [-0.3, -0.25) is 0 Å². The van der Waals surface area contributed by atoms with E-state index in [1.165, 1.54) is 6.92 Å². The van der Waals surface area contributed by atoms with Crippen molar-refractivity contribution in [3.8, 4) is 6.07 Å². The minimum Gasteiger partial charge on any atom is -0.305 e. The Morgan fingerprint density at radius 1 is 1.47 bits per heavy atom. The highest BCUT2D eigenvalue weighted by Crippen LogP contribution is 2.05. The third-order valence-corrected chi connectivity index (χ3v) is 2.06. The summed E-state index contributed by atoms with van der Waals surface area (Å²) in [6.07, 6.45) is -2.37. The second-order valence-corrected chi connectivity index (χ2v) is 3.32. The van der Waals surface area contributed by atoms with Crippen LogP contribution in [0.3, 0.4) is 0 Å². The quantitative estimate of drug-likeness (QED) is 0.827. The summed E-state index contributed by atoms with van der Waals surface area (Å²) in [4.78, 5) is 0. The van der Waals surface area contributed by atoms with Crippen LogP contribution in [-0.4, -0.2) is 12.5 Å². The zero-order chi connectivity index (χ0) is 11.3. The van der Waals surface area contributed by atoms with Gasteiger partial charge >= 0.3 is 0 Å². The molecule has 1 atom stereocenters. The van der Waals surface area contributed by atoms with Crippen molar-refractivity contribution in [3.63, 3.8) is 0 Å². The molecule has 1 aromatic carbocycles. The topological polar surface area (TPSA) is 35.8 Å². The van der Waals surface area contributed by atoms with Crippen molar-refractivity contribution in [2.45, 2.75) is 25.9 Å². The Labute approximate surface area is 87.5 Å². The van der Waals surface area contributed by atoms with E-state index in [1.807, 2.05) is 6.07 Å². The molecule has 0 aliphatic heterocycles. The van der Waals surface area contributed by atoms with Crippen LogP contribution < -0.4 is 5.32 Å². The van der Waals surface area contributed by atoms with Gasteiger partial charge in [0.05, 0.1) is 17.7 Å². The average molecular weight is 210 g/mol. The third-order valence-electron chi connectivity index (χ3n) is 2.06. The second-order valence-electron chi connectivity index (χ2n) is 3.32. The predicted molar refractivity (Wildman–Crippen MR) is 53.5 cm³/mol. The van der Waals surface area contributed by atoms with Gasteiger partial charge in [0.25, 0.3) is 6.43 Å². The fourth-order valence-corrected chi connectivity index (χ4v) is 1.12. The highest BCUT2D eigenvalue weighted by molar-refractivity contribution is 5.32. The van der Waals surface area contributed by atoms with Gasteiger partial charge in [-0.05, 0) is 24.6 Å². The molecule has 2 nitrogen and oxygen atoms in total. The SMILES string of the molecule is CC(NCc1cccc(C#N)c1)C(F)F. The number of hydrogen-bond donors (Lipinski definition) is 1. The second kappa shape index (κ2) is 5.42. The Balaban J connectivity index is 2.55. The Hall–Kier alpha value is -1.47. The van der Waals surface area contributed by atoms with E-state index >= 15 is 0 Å². The molecular weight excluding hydrogens is 198 g/mol. The maximum atomic E-state index is 12.2. The first-order chi connectivity index (χ1) is 7.13. The van der Waals surface area contributed by atoms with Crippen LogP contribution in [0.5, 0.6) is 0 Å². The van der Waals surface area contributed by atoms with Crippen LogP contribution in [0.4, 0.5) is 8.78 Å². The van der Waals surface area contributed by atoms with Gasteiger partial charge in [0, 0.05) is 6.54 Å². The van der Waals surface area contributed by atoms with Crippen LogP contribution in [-0.2, 0) is 6.54 Å². The monoisotopic (exact) mass is 210 g/mol. The molecule has 0 bridgehead atoms. The normalized spacial score (nSPS) is 12.5. The van der Waals surface area contributed by atoms with E-state index in [4.69, 9.17) is 5.26 Å². The molecule has 4 heteroatoms. The summed E-state index contributed by atoms with van der Waals surface area (Å²) in [7, 11) is 0. The number of benzene rings is 1. The zero-order valence-corrected chi connectivity index (χ0v) is 8.37. The first kappa shape index (κ1) is 11.6. The minimum absolute atomic E-state index is 0.348. The van der Waals surface area contributed by atoms with Gasteiger partial charge in [-0.25, -0.2) is 8.78 Å². The summed E-state index contributed by atoms with van der Waals surface area (Å²) in [6, 6.07) is 8.07. The molecule has 1 rings (SSSR count). The lowest BCUT2D eigenvalue weighted by atomic mass is 10.1. The van der Waals surface area contributed by atoms with Crippen molar-refractivity contribution in [3.05, 3.63) is 35.4 Å². The number of halogens is 2. The molecule has 0 saturated heterocycles. The fraction of sp³-hybridized carbons (Fsp3) is 0.364. The van der Waals surface area contributed by atoms with Crippen molar-refractivity contribution >= 4 is 0 Å². The summed E-state index contributed by atoms with van der Waals surface area (Å²) >= 11 is 0. The highest BCUT2D eigenvalue weighted by atomic mass is 19.3. The molecule has 0 spiro atoms. The van der Waals surface area contributed by atoms with Gasteiger partial charge in [0.1, 0.15) is 0 Å². The first-order valence-electron chi connectivity index (χ1n) is 4.64. The molecule has 1 unspecified atom stereocenters. The van der Waals surface area contributed by atoms with Crippen molar-refractivity contribution in [1.82, 2.24) is 5.32 Å². The molecule has 0 saturated carbocycles. The Morgan fingerprint density at radius 3 is 2.80 bits per heavy atom. The fourth-order valence-electron chi connectivity index (χ4n) is 1.12. The summed E-state index contributed by atoms with van der Waals surface area (Å²) in [5, 5.41) is 11.3. The zero-order valence-electron chi connectivity index (χ0n) is 8.37. The number of nitriles is 1. The number of nitrogens with zero attached hydrogens (tertiary/aromatic N) is 1. The smallest absolute Gasteiger partial charge is 0.253 e.